The van der Waals surface area contributed by atoms with Gasteiger partial charge in [-0.3, -0.25) is 10.1 Å². The Kier molecular flexibility index (Phi) is 4.25. The largest absolute Gasteiger partial charge is 0.293 e. The Morgan fingerprint density at radius 2 is 2.11 bits per heavy atom. The first-order valence-electron chi connectivity index (χ1n) is 5.87. The number of halogens is 1. The Bertz CT molecular complexity index is 496. The van der Waals surface area contributed by atoms with Crippen LogP contribution in [0.15, 0.2) is 40.3 Å². The second kappa shape index (κ2) is 5.91. The lowest BCUT2D eigenvalue weighted by Gasteiger charge is -2.18. The van der Waals surface area contributed by atoms with E-state index < -0.39 is 0 Å². The molecular weight excluding hydrogens is 294 g/mol. The van der Waals surface area contributed by atoms with Gasteiger partial charge in [-0.05, 0) is 18.6 Å². The SMILES string of the molecule is CCCC1=NC(=Nc2ccccc2)NC(=O)C1Br. The van der Waals surface area contributed by atoms with E-state index in [1.165, 1.54) is 0 Å². The summed E-state index contributed by atoms with van der Waals surface area (Å²) >= 11 is 3.34. The monoisotopic (exact) mass is 307 g/mol. The number of hydrogen-bond donors (Lipinski definition) is 1. The zero-order valence-electron chi connectivity index (χ0n) is 10.1. The van der Waals surface area contributed by atoms with E-state index in [0.29, 0.717) is 5.96 Å². The number of carbonyl (C=O) groups excluding carboxylic acids is 1. The number of benzene rings is 1. The van der Waals surface area contributed by atoms with Crippen molar-refractivity contribution in [3.05, 3.63) is 30.3 Å². The Labute approximate surface area is 114 Å². The summed E-state index contributed by atoms with van der Waals surface area (Å²) in [5, 5.41) is 2.68. The highest BCUT2D eigenvalue weighted by Crippen LogP contribution is 2.15. The summed E-state index contributed by atoms with van der Waals surface area (Å²) in [7, 11) is 0. The molecule has 0 saturated heterocycles. The molecule has 18 heavy (non-hydrogen) atoms. The molecule has 0 radical (unpaired) electrons. The molecule has 1 aromatic carbocycles. The van der Waals surface area contributed by atoms with Crippen molar-refractivity contribution >= 4 is 39.2 Å². The third kappa shape index (κ3) is 3.04. The third-order valence-electron chi connectivity index (χ3n) is 2.50. The van der Waals surface area contributed by atoms with Gasteiger partial charge in [0, 0.05) is 5.71 Å². The van der Waals surface area contributed by atoms with Crippen molar-refractivity contribution in [2.45, 2.75) is 24.6 Å². The zero-order chi connectivity index (χ0) is 13.0. The minimum Gasteiger partial charge on any atom is -0.293 e. The van der Waals surface area contributed by atoms with E-state index in [-0.39, 0.29) is 10.7 Å². The van der Waals surface area contributed by atoms with Gasteiger partial charge in [-0.15, -0.1) is 0 Å². The molecule has 0 bridgehead atoms. The number of carbonyl (C=O) groups is 1. The predicted molar refractivity (Wildman–Crippen MR) is 76.7 cm³/mol. The van der Waals surface area contributed by atoms with Crippen LogP contribution in [0.1, 0.15) is 19.8 Å². The Morgan fingerprint density at radius 3 is 2.78 bits per heavy atom. The number of hydrogen-bond acceptors (Lipinski definition) is 2. The Balaban J connectivity index is 2.29. The number of alkyl halides is 1. The van der Waals surface area contributed by atoms with Gasteiger partial charge in [-0.1, -0.05) is 47.5 Å². The molecule has 94 valence electrons. The van der Waals surface area contributed by atoms with Gasteiger partial charge < -0.3 is 0 Å². The highest BCUT2D eigenvalue weighted by molar-refractivity contribution is 9.10. The highest BCUT2D eigenvalue weighted by atomic mass is 79.9. The molecule has 1 heterocycles. The molecule has 1 unspecified atom stereocenters. The summed E-state index contributed by atoms with van der Waals surface area (Å²) in [6.07, 6.45) is 1.74. The van der Waals surface area contributed by atoms with Crippen molar-refractivity contribution in [3.8, 4) is 0 Å². The molecule has 1 amide bonds. The summed E-state index contributed by atoms with van der Waals surface area (Å²) < 4.78 is 0. The van der Waals surface area contributed by atoms with Crippen LogP contribution in [0, 0.1) is 0 Å². The second-order valence-corrected chi connectivity index (χ2v) is 4.89. The number of aliphatic imine (C=N–C) groups is 2. The maximum absolute atomic E-state index is 11.8. The maximum atomic E-state index is 11.8. The van der Waals surface area contributed by atoms with Crippen LogP contribution in [0.5, 0.6) is 0 Å². The fourth-order valence-electron chi connectivity index (χ4n) is 1.66. The van der Waals surface area contributed by atoms with Crippen molar-refractivity contribution < 1.29 is 4.79 Å². The van der Waals surface area contributed by atoms with Crippen LogP contribution in [0.25, 0.3) is 0 Å². The molecule has 1 aliphatic rings. The number of rotatable bonds is 3. The van der Waals surface area contributed by atoms with E-state index in [0.717, 1.165) is 24.2 Å². The van der Waals surface area contributed by atoms with E-state index in [1.807, 2.05) is 30.3 Å². The minimum atomic E-state index is -0.341. The van der Waals surface area contributed by atoms with Crippen molar-refractivity contribution in [2.75, 3.05) is 0 Å². The molecule has 0 saturated carbocycles. The van der Waals surface area contributed by atoms with Gasteiger partial charge in [0.15, 0.2) is 0 Å². The lowest BCUT2D eigenvalue weighted by Crippen LogP contribution is -2.44. The summed E-state index contributed by atoms with van der Waals surface area (Å²) in [6.45, 7) is 2.06. The molecule has 4 nitrogen and oxygen atoms in total. The van der Waals surface area contributed by atoms with E-state index in [9.17, 15) is 4.79 Å². The van der Waals surface area contributed by atoms with Crippen LogP contribution < -0.4 is 5.32 Å². The number of guanidine groups is 1. The zero-order valence-corrected chi connectivity index (χ0v) is 11.6. The molecule has 0 fully saturated rings. The van der Waals surface area contributed by atoms with E-state index >= 15 is 0 Å². The normalized spacial score (nSPS) is 21.7. The van der Waals surface area contributed by atoms with Crippen molar-refractivity contribution in [2.24, 2.45) is 9.98 Å². The second-order valence-electron chi connectivity index (χ2n) is 3.98. The van der Waals surface area contributed by atoms with E-state index in [2.05, 4.69) is 38.2 Å². The average Bonchev–Trinajstić information content (AvgIpc) is 2.37. The number of para-hydroxylation sites is 1. The van der Waals surface area contributed by atoms with Gasteiger partial charge >= 0.3 is 0 Å². The fourth-order valence-corrected chi connectivity index (χ4v) is 2.11. The molecule has 1 N–H and O–H groups in total. The van der Waals surface area contributed by atoms with Crippen molar-refractivity contribution in [1.29, 1.82) is 0 Å². The van der Waals surface area contributed by atoms with Gasteiger partial charge in [0.2, 0.25) is 11.9 Å². The molecule has 0 aromatic heterocycles. The van der Waals surface area contributed by atoms with Crippen molar-refractivity contribution in [1.82, 2.24) is 5.32 Å². The predicted octanol–water partition coefficient (Wildman–Crippen LogP) is 2.81. The lowest BCUT2D eigenvalue weighted by atomic mass is 10.1. The van der Waals surface area contributed by atoms with Gasteiger partial charge in [0.25, 0.3) is 0 Å². The number of nitrogens with zero attached hydrogens (tertiary/aromatic N) is 2. The maximum Gasteiger partial charge on any atom is 0.246 e. The smallest absolute Gasteiger partial charge is 0.246 e. The topological polar surface area (TPSA) is 53.8 Å². The number of amides is 1. The summed E-state index contributed by atoms with van der Waals surface area (Å²) in [4.78, 5) is 20.1. The molecule has 1 aliphatic heterocycles. The van der Waals surface area contributed by atoms with Crippen LogP contribution in [0.2, 0.25) is 0 Å². The number of nitrogens with one attached hydrogen (secondary N) is 1. The first-order valence-corrected chi connectivity index (χ1v) is 6.78. The van der Waals surface area contributed by atoms with E-state index in [1.54, 1.807) is 0 Å². The Hall–Kier alpha value is -1.49. The minimum absolute atomic E-state index is 0.108. The fraction of sp³-hybridized carbons (Fsp3) is 0.308. The molecule has 0 spiro atoms. The first-order chi connectivity index (χ1) is 8.70. The van der Waals surface area contributed by atoms with Crippen molar-refractivity contribution in [3.63, 3.8) is 0 Å². The summed E-state index contributed by atoms with van der Waals surface area (Å²) in [5.74, 6) is 0.258. The van der Waals surface area contributed by atoms with Gasteiger partial charge in [0.1, 0.15) is 4.83 Å². The highest BCUT2D eigenvalue weighted by Gasteiger charge is 2.26. The lowest BCUT2D eigenvalue weighted by molar-refractivity contribution is -0.118. The third-order valence-corrected chi connectivity index (χ3v) is 3.45. The van der Waals surface area contributed by atoms with Crippen LogP contribution in [-0.4, -0.2) is 22.4 Å². The quantitative estimate of drug-likeness (QED) is 0.858. The molecule has 0 aliphatic carbocycles. The summed E-state index contributed by atoms with van der Waals surface area (Å²) in [6, 6.07) is 9.45. The van der Waals surface area contributed by atoms with Gasteiger partial charge in [-0.2, -0.15) is 0 Å². The molecule has 1 aromatic rings. The van der Waals surface area contributed by atoms with Crippen LogP contribution >= 0.6 is 15.9 Å². The molecule has 5 heteroatoms. The van der Waals surface area contributed by atoms with Crippen LogP contribution in [0.4, 0.5) is 5.69 Å². The standard InChI is InChI=1S/C13H14BrN3O/c1-2-6-10-11(14)12(18)17-13(16-10)15-9-7-4-3-5-8-9/h3-5,7-8,11H,2,6H2,1H3,(H,15,17,18). The average molecular weight is 308 g/mol. The van der Waals surface area contributed by atoms with Gasteiger partial charge in [-0.25, -0.2) is 9.98 Å². The Morgan fingerprint density at radius 1 is 1.39 bits per heavy atom. The van der Waals surface area contributed by atoms with Crippen LogP contribution in [0.3, 0.4) is 0 Å². The van der Waals surface area contributed by atoms with Gasteiger partial charge in [0.05, 0.1) is 5.69 Å². The first kappa shape index (κ1) is 13.0. The van der Waals surface area contributed by atoms with Crippen LogP contribution in [-0.2, 0) is 4.79 Å². The molecule has 1 atom stereocenters. The molecular formula is C13H14BrN3O. The van der Waals surface area contributed by atoms with E-state index in [4.69, 9.17) is 0 Å². The summed E-state index contributed by atoms with van der Waals surface area (Å²) in [5.41, 5.74) is 1.61. The molecule has 2 rings (SSSR count).